The van der Waals surface area contributed by atoms with Crippen molar-refractivity contribution in [1.82, 2.24) is 4.90 Å². The summed E-state index contributed by atoms with van der Waals surface area (Å²) in [5.74, 6) is -0.906. The highest BCUT2D eigenvalue weighted by Gasteiger charge is 2.38. The number of morpholine rings is 1. The quantitative estimate of drug-likeness (QED) is 0.773. The van der Waals surface area contributed by atoms with Gasteiger partial charge in [0.15, 0.2) is 4.91 Å². The number of anilines is 2. The zero-order valence-corrected chi connectivity index (χ0v) is 16.1. The Morgan fingerprint density at radius 3 is 2.54 bits per heavy atom. The molecular formula is C20H19FN2O4S. The largest absolute Gasteiger partial charge is 0.378 e. The van der Waals surface area contributed by atoms with Crippen LogP contribution in [0.5, 0.6) is 0 Å². The monoisotopic (exact) mass is 402 g/mol. The number of rotatable bonds is 2. The normalized spacial score (nSPS) is 18.4. The van der Waals surface area contributed by atoms with Crippen LogP contribution < -0.4 is 4.90 Å². The van der Waals surface area contributed by atoms with Crippen LogP contribution >= 0.6 is 0 Å². The third-order valence-electron chi connectivity index (χ3n) is 4.88. The van der Waals surface area contributed by atoms with Crippen molar-refractivity contribution in [3.05, 3.63) is 65.0 Å². The summed E-state index contributed by atoms with van der Waals surface area (Å²) in [4.78, 5) is 15.9. The molecule has 0 aliphatic carbocycles. The lowest BCUT2D eigenvalue weighted by Crippen LogP contribution is -2.43. The number of hydrogen-bond donors (Lipinski definition) is 0. The lowest BCUT2D eigenvalue weighted by Gasteiger charge is -2.32. The van der Waals surface area contributed by atoms with Crippen molar-refractivity contribution in [1.29, 1.82) is 0 Å². The number of amides is 1. The van der Waals surface area contributed by atoms with Gasteiger partial charge >= 0.3 is 0 Å². The summed E-state index contributed by atoms with van der Waals surface area (Å²) in [6.45, 7) is 3.05. The number of fused-ring (bicyclic) bond motifs is 1. The molecule has 2 aliphatic rings. The summed E-state index contributed by atoms with van der Waals surface area (Å²) in [5.41, 5.74) is 1.43. The predicted molar refractivity (Wildman–Crippen MR) is 102 cm³/mol. The number of carbonyl (C=O) groups is 1. The fourth-order valence-corrected chi connectivity index (χ4v) is 4.88. The number of benzene rings is 2. The first-order valence-corrected chi connectivity index (χ1v) is 10.4. The third kappa shape index (κ3) is 3.08. The molecule has 4 rings (SSSR count). The highest BCUT2D eigenvalue weighted by Crippen LogP contribution is 2.40. The maximum atomic E-state index is 13.7. The van der Waals surface area contributed by atoms with Gasteiger partial charge in [0, 0.05) is 25.0 Å². The molecule has 2 aromatic carbocycles. The first-order chi connectivity index (χ1) is 13.4. The first-order valence-electron chi connectivity index (χ1n) is 8.88. The molecule has 0 aromatic heterocycles. The minimum Gasteiger partial charge on any atom is -0.378 e. The van der Waals surface area contributed by atoms with E-state index in [2.05, 4.69) is 0 Å². The molecule has 1 saturated heterocycles. The second-order valence-electron chi connectivity index (χ2n) is 6.67. The Morgan fingerprint density at radius 2 is 1.82 bits per heavy atom. The maximum Gasteiger partial charge on any atom is 0.267 e. The van der Waals surface area contributed by atoms with Gasteiger partial charge in [0.2, 0.25) is 9.84 Å². The van der Waals surface area contributed by atoms with Crippen molar-refractivity contribution >= 4 is 27.1 Å². The Labute approximate surface area is 162 Å². The van der Waals surface area contributed by atoms with Crippen LogP contribution in [-0.2, 0) is 19.4 Å². The minimum absolute atomic E-state index is 0.0519. The van der Waals surface area contributed by atoms with Gasteiger partial charge in [0.25, 0.3) is 5.91 Å². The van der Waals surface area contributed by atoms with Crippen LogP contribution in [0.1, 0.15) is 5.56 Å². The number of halogens is 1. The Balaban J connectivity index is 1.86. The standard InChI is InChI=1S/C20H19FN2O4S/c1-14-12-15(6-7-16(14)21)23-13-19(20(24)22-8-10-27-11-9-22)28(25,26)18-5-3-2-4-17(18)23/h2-7,12-13H,8-11H2,1H3. The van der Waals surface area contributed by atoms with Gasteiger partial charge in [-0.2, -0.15) is 0 Å². The van der Waals surface area contributed by atoms with Crippen LogP contribution in [-0.4, -0.2) is 45.5 Å². The molecule has 0 saturated carbocycles. The Kier molecular flexibility index (Phi) is 4.68. The smallest absolute Gasteiger partial charge is 0.267 e. The third-order valence-corrected chi connectivity index (χ3v) is 6.66. The fourth-order valence-electron chi connectivity index (χ4n) is 3.34. The highest BCUT2D eigenvalue weighted by molar-refractivity contribution is 7.96. The van der Waals surface area contributed by atoms with E-state index in [0.717, 1.165) is 0 Å². The highest BCUT2D eigenvalue weighted by atomic mass is 32.2. The van der Waals surface area contributed by atoms with Crippen LogP contribution in [0.25, 0.3) is 0 Å². The molecule has 0 radical (unpaired) electrons. The lowest BCUT2D eigenvalue weighted by atomic mass is 10.1. The zero-order chi connectivity index (χ0) is 19.9. The van der Waals surface area contributed by atoms with Gasteiger partial charge in [0.1, 0.15) is 5.82 Å². The van der Waals surface area contributed by atoms with E-state index in [9.17, 15) is 17.6 Å². The van der Waals surface area contributed by atoms with Crippen LogP contribution in [0.2, 0.25) is 0 Å². The number of hydrogen-bond acceptors (Lipinski definition) is 5. The van der Waals surface area contributed by atoms with Crippen molar-refractivity contribution < 1.29 is 22.3 Å². The Morgan fingerprint density at radius 1 is 1.11 bits per heavy atom. The van der Waals surface area contributed by atoms with E-state index >= 15 is 0 Å². The number of carbonyl (C=O) groups excluding carboxylic acids is 1. The van der Waals surface area contributed by atoms with E-state index in [1.807, 2.05) is 0 Å². The number of ether oxygens (including phenoxy) is 1. The van der Waals surface area contributed by atoms with E-state index in [0.29, 0.717) is 43.2 Å². The fraction of sp³-hybridized carbons (Fsp3) is 0.250. The molecule has 0 spiro atoms. The topological polar surface area (TPSA) is 66.9 Å². The predicted octanol–water partition coefficient (Wildman–Crippen LogP) is 2.76. The molecule has 2 heterocycles. The molecule has 0 bridgehead atoms. The summed E-state index contributed by atoms with van der Waals surface area (Å²) in [6, 6.07) is 11.0. The van der Waals surface area contributed by atoms with E-state index in [1.165, 1.54) is 23.2 Å². The molecule has 0 N–H and O–H groups in total. The molecule has 1 fully saturated rings. The van der Waals surface area contributed by atoms with Crippen molar-refractivity contribution in [2.75, 3.05) is 31.2 Å². The molecule has 6 nitrogen and oxygen atoms in total. The van der Waals surface area contributed by atoms with Crippen molar-refractivity contribution in [2.24, 2.45) is 0 Å². The van der Waals surface area contributed by atoms with Gasteiger partial charge in [-0.05, 0) is 42.8 Å². The van der Waals surface area contributed by atoms with E-state index in [1.54, 1.807) is 42.2 Å². The molecule has 0 unspecified atom stereocenters. The average molecular weight is 402 g/mol. The number of para-hydroxylation sites is 1. The first kappa shape index (κ1) is 18.6. The van der Waals surface area contributed by atoms with Crippen LogP contribution in [0, 0.1) is 12.7 Å². The second kappa shape index (κ2) is 7.03. The van der Waals surface area contributed by atoms with Gasteiger partial charge in [-0.3, -0.25) is 4.79 Å². The average Bonchev–Trinajstić information content (AvgIpc) is 2.71. The molecule has 1 amide bonds. The van der Waals surface area contributed by atoms with Crippen LogP contribution in [0.4, 0.5) is 15.8 Å². The van der Waals surface area contributed by atoms with Gasteiger partial charge < -0.3 is 14.5 Å². The van der Waals surface area contributed by atoms with Crippen molar-refractivity contribution in [3.63, 3.8) is 0 Å². The van der Waals surface area contributed by atoms with Crippen molar-refractivity contribution in [2.45, 2.75) is 11.8 Å². The summed E-state index contributed by atoms with van der Waals surface area (Å²) >= 11 is 0. The second-order valence-corrected chi connectivity index (χ2v) is 8.56. The zero-order valence-electron chi connectivity index (χ0n) is 15.3. The SMILES string of the molecule is Cc1cc(N2C=C(C(=O)N3CCOCC3)S(=O)(=O)c3ccccc32)ccc1F. The molecular weight excluding hydrogens is 383 g/mol. The summed E-state index contributed by atoms with van der Waals surface area (Å²) < 4.78 is 45.3. The Bertz CT molecular complexity index is 1080. The summed E-state index contributed by atoms with van der Waals surface area (Å²) in [6.07, 6.45) is 1.34. The lowest BCUT2D eigenvalue weighted by molar-refractivity contribution is -0.130. The molecule has 8 heteroatoms. The minimum atomic E-state index is -3.98. The number of nitrogens with zero attached hydrogens (tertiary/aromatic N) is 2. The molecule has 146 valence electrons. The van der Waals surface area contributed by atoms with E-state index in [4.69, 9.17) is 4.74 Å². The van der Waals surface area contributed by atoms with Crippen molar-refractivity contribution in [3.8, 4) is 0 Å². The number of aryl methyl sites for hydroxylation is 1. The maximum absolute atomic E-state index is 13.7. The summed E-state index contributed by atoms with van der Waals surface area (Å²) in [7, 11) is -3.98. The van der Waals surface area contributed by atoms with Gasteiger partial charge in [0.05, 0.1) is 23.8 Å². The van der Waals surface area contributed by atoms with Gasteiger partial charge in [-0.15, -0.1) is 0 Å². The van der Waals surface area contributed by atoms with Gasteiger partial charge in [-0.1, -0.05) is 12.1 Å². The molecule has 2 aromatic rings. The molecule has 0 atom stereocenters. The van der Waals surface area contributed by atoms with E-state index < -0.39 is 15.7 Å². The summed E-state index contributed by atoms with van der Waals surface area (Å²) in [5, 5.41) is 0. The Hall–Kier alpha value is -2.71. The molecule has 2 aliphatic heterocycles. The van der Waals surface area contributed by atoms with E-state index in [-0.39, 0.29) is 15.6 Å². The van der Waals surface area contributed by atoms with Crippen LogP contribution in [0.15, 0.2) is 58.5 Å². The molecule has 28 heavy (non-hydrogen) atoms. The van der Waals surface area contributed by atoms with Gasteiger partial charge in [-0.25, -0.2) is 12.8 Å². The number of sulfone groups is 1. The van der Waals surface area contributed by atoms with Crippen LogP contribution in [0.3, 0.4) is 0 Å².